The maximum Gasteiger partial charge on any atom is 0.0973 e. The van der Waals surface area contributed by atoms with Gasteiger partial charge in [0.1, 0.15) is 0 Å². The molecule has 0 radical (unpaired) electrons. The molecule has 0 unspecified atom stereocenters. The van der Waals surface area contributed by atoms with Gasteiger partial charge < -0.3 is 9.13 Å². The van der Waals surface area contributed by atoms with Crippen LogP contribution in [0.25, 0.3) is 99.3 Å². The average Bonchev–Trinajstić information content (AvgIpc) is 3.71. The summed E-state index contributed by atoms with van der Waals surface area (Å²) >= 11 is 0. The molecule has 0 fully saturated rings. The van der Waals surface area contributed by atoms with E-state index >= 15 is 0 Å². The minimum atomic E-state index is 0.873. The highest BCUT2D eigenvalue weighted by Gasteiger charge is 2.19. The van der Waals surface area contributed by atoms with Crippen molar-refractivity contribution in [3.8, 4) is 33.9 Å². The van der Waals surface area contributed by atoms with Crippen molar-refractivity contribution in [2.45, 2.75) is 0 Å². The molecule has 0 amide bonds. The number of hydrogen-bond donors (Lipinski definition) is 0. The third-order valence-electron chi connectivity index (χ3n) is 10.5. The third kappa shape index (κ3) is 4.34. The van der Waals surface area contributed by atoms with E-state index in [-0.39, 0.29) is 0 Å². The van der Waals surface area contributed by atoms with Crippen LogP contribution in [0.2, 0.25) is 0 Å². The molecule has 242 valence electrons. The van der Waals surface area contributed by atoms with E-state index < -0.39 is 0 Å². The molecule has 0 aliphatic heterocycles. The summed E-state index contributed by atoms with van der Waals surface area (Å²) in [5.74, 6) is 0. The van der Waals surface area contributed by atoms with Crippen molar-refractivity contribution >= 4 is 65.4 Å². The molecule has 11 aromatic rings. The Balaban J connectivity index is 1.11. The largest absolute Gasteiger partial charge is 0.309 e. The second-order valence-electron chi connectivity index (χ2n) is 13.4. The lowest BCUT2D eigenvalue weighted by molar-refractivity contribution is 1.17. The minimum absolute atomic E-state index is 0.873. The maximum absolute atomic E-state index is 5.21. The number of rotatable bonds is 4. The summed E-state index contributed by atoms with van der Waals surface area (Å²) < 4.78 is 4.79. The van der Waals surface area contributed by atoms with Gasteiger partial charge in [0.2, 0.25) is 0 Å². The maximum atomic E-state index is 5.21. The number of fused-ring (bicyclic) bond motifs is 8. The van der Waals surface area contributed by atoms with Crippen molar-refractivity contribution in [2.24, 2.45) is 0 Å². The van der Waals surface area contributed by atoms with Crippen LogP contribution in [0.4, 0.5) is 0 Å². The number of benzene rings is 8. The standard InChI is InChI=1S/C48H30N4/c1-2-14-35(15-3-1)51-43-20-10-6-16-37(43)39-30-46-40(29-45(39)51)38-17-7-11-21-44(38)52(46)36-26-24-32(25-27-36)47-48(50-42-19-9-8-18-41(42)49-47)34-23-22-31-12-4-5-13-33(31)28-34/h1-30H. The quantitative estimate of drug-likeness (QED) is 0.188. The van der Waals surface area contributed by atoms with Gasteiger partial charge >= 0.3 is 0 Å². The van der Waals surface area contributed by atoms with Gasteiger partial charge in [-0.15, -0.1) is 0 Å². The Kier molecular flexibility index (Phi) is 6.22. The fourth-order valence-corrected chi connectivity index (χ4v) is 8.07. The molecular formula is C48H30N4. The molecule has 0 N–H and O–H groups in total. The van der Waals surface area contributed by atoms with Crippen LogP contribution in [0.15, 0.2) is 182 Å². The van der Waals surface area contributed by atoms with Gasteiger partial charge in [-0.3, -0.25) is 0 Å². The lowest BCUT2D eigenvalue weighted by Gasteiger charge is -2.13. The summed E-state index contributed by atoms with van der Waals surface area (Å²) in [4.78, 5) is 10.4. The molecule has 0 bridgehead atoms. The topological polar surface area (TPSA) is 35.6 Å². The normalized spacial score (nSPS) is 11.8. The van der Waals surface area contributed by atoms with Crippen molar-refractivity contribution in [3.05, 3.63) is 182 Å². The molecule has 0 aliphatic rings. The van der Waals surface area contributed by atoms with Crippen LogP contribution >= 0.6 is 0 Å². The molecule has 0 aliphatic carbocycles. The van der Waals surface area contributed by atoms with Crippen LogP contribution < -0.4 is 0 Å². The molecule has 0 saturated heterocycles. The van der Waals surface area contributed by atoms with Gasteiger partial charge in [-0.2, -0.15) is 0 Å². The molecule has 3 aromatic heterocycles. The van der Waals surface area contributed by atoms with Crippen LogP contribution in [-0.4, -0.2) is 19.1 Å². The lowest BCUT2D eigenvalue weighted by Crippen LogP contribution is -1.97. The Labute approximate surface area is 299 Å². The minimum Gasteiger partial charge on any atom is -0.309 e. The average molecular weight is 663 g/mol. The van der Waals surface area contributed by atoms with E-state index in [0.29, 0.717) is 0 Å². The third-order valence-corrected chi connectivity index (χ3v) is 10.5. The van der Waals surface area contributed by atoms with Crippen molar-refractivity contribution in [3.63, 3.8) is 0 Å². The predicted molar refractivity (Wildman–Crippen MR) is 217 cm³/mol. The molecule has 4 nitrogen and oxygen atoms in total. The zero-order valence-corrected chi connectivity index (χ0v) is 28.1. The smallest absolute Gasteiger partial charge is 0.0973 e. The summed E-state index contributed by atoms with van der Waals surface area (Å²) in [7, 11) is 0. The summed E-state index contributed by atoms with van der Waals surface area (Å²) in [6.45, 7) is 0. The van der Waals surface area contributed by atoms with Crippen LogP contribution in [0, 0.1) is 0 Å². The Hall–Kier alpha value is -7.04. The molecule has 4 heteroatoms. The Bertz CT molecular complexity index is 3170. The van der Waals surface area contributed by atoms with E-state index in [1.165, 1.54) is 54.4 Å². The zero-order valence-electron chi connectivity index (χ0n) is 28.1. The van der Waals surface area contributed by atoms with Gasteiger partial charge in [0, 0.05) is 44.0 Å². The predicted octanol–water partition coefficient (Wildman–Crippen LogP) is 12.3. The highest BCUT2D eigenvalue weighted by atomic mass is 15.0. The lowest BCUT2D eigenvalue weighted by atomic mass is 10.0. The molecule has 0 spiro atoms. The van der Waals surface area contributed by atoms with Crippen molar-refractivity contribution in [2.75, 3.05) is 0 Å². The molecule has 0 saturated carbocycles. The first kappa shape index (κ1) is 28.8. The summed E-state index contributed by atoms with van der Waals surface area (Å²) in [5, 5.41) is 7.33. The number of nitrogens with zero attached hydrogens (tertiary/aromatic N) is 4. The van der Waals surface area contributed by atoms with E-state index in [1.807, 2.05) is 24.3 Å². The van der Waals surface area contributed by atoms with E-state index in [9.17, 15) is 0 Å². The summed E-state index contributed by atoms with van der Waals surface area (Å²) in [6, 6.07) is 64.9. The van der Waals surface area contributed by atoms with Crippen LogP contribution in [0.3, 0.4) is 0 Å². The van der Waals surface area contributed by atoms with E-state index in [1.54, 1.807) is 0 Å². The van der Waals surface area contributed by atoms with Crippen LogP contribution in [-0.2, 0) is 0 Å². The van der Waals surface area contributed by atoms with E-state index in [2.05, 4.69) is 167 Å². The fraction of sp³-hybridized carbons (Fsp3) is 0. The van der Waals surface area contributed by atoms with Gasteiger partial charge in [-0.05, 0) is 77.5 Å². The Morgan fingerprint density at radius 1 is 0.308 bits per heavy atom. The van der Waals surface area contributed by atoms with Crippen molar-refractivity contribution < 1.29 is 0 Å². The van der Waals surface area contributed by atoms with Gasteiger partial charge in [0.15, 0.2) is 0 Å². The highest BCUT2D eigenvalue weighted by Crippen LogP contribution is 2.40. The zero-order chi connectivity index (χ0) is 34.2. The fourth-order valence-electron chi connectivity index (χ4n) is 8.07. The molecule has 52 heavy (non-hydrogen) atoms. The Morgan fingerprint density at radius 3 is 1.42 bits per heavy atom. The van der Waals surface area contributed by atoms with Crippen LogP contribution in [0.5, 0.6) is 0 Å². The first-order valence-corrected chi connectivity index (χ1v) is 17.7. The molecule has 11 rings (SSSR count). The van der Waals surface area contributed by atoms with Gasteiger partial charge in [-0.1, -0.05) is 115 Å². The SMILES string of the molecule is c1ccc(-n2c3ccccc3c3cc4c(cc32)c2ccccc2n4-c2ccc(-c3nc4ccccc4nc3-c3ccc4ccccc4c3)cc2)cc1. The molecule has 0 atom stereocenters. The first-order valence-electron chi connectivity index (χ1n) is 17.7. The summed E-state index contributed by atoms with van der Waals surface area (Å²) in [5.41, 5.74) is 12.6. The van der Waals surface area contributed by atoms with Crippen molar-refractivity contribution in [1.29, 1.82) is 0 Å². The first-order chi connectivity index (χ1) is 25.8. The van der Waals surface area contributed by atoms with Crippen LogP contribution in [0.1, 0.15) is 0 Å². The monoisotopic (exact) mass is 662 g/mol. The second-order valence-corrected chi connectivity index (χ2v) is 13.4. The number of para-hydroxylation sites is 5. The molecule has 3 heterocycles. The second kappa shape index (κ2) is 11.2. The van der Waals surface area contributed by atoms with E-state index in [4.69, 9.17) is 9.97 Å². The number of aromatic nitrogens is 4. The van der Waals surface area contributed by atoms with Gasteiger partial charge in [0.05, 0.1) is 44.5 Å². The Morgan fingerprint density at radius 2 is 0.788 bits per heavy atom. The van der Waals surface area contributed by atoms with Gasteiger partial charge in [-0.25, -0.2) is 9.97 Å². The summed E-state index contributed by atoms with van der Waals surface area (Å²) in [6.07, 6.45) is 0. The highest BCUT2D eigenvalue weighted by molar-refractivity contribution is 6.19. The molecule has 8 aromatic carbocycles. The molecular weight excluding hydrogens is 633 g/mol. The van der Waals surface area contributed by atoms with E-state index in [0.717, 1.165) is 44.9 Å². The van der Waals surface area contributed by atoms with Gasteiger partial charge in [0.25, 0.3) is 0 Å². The number of hydrogen-bond acceptors (Lipinski definition) is 2. The van der Waals surface area contributed by atoms with Crippen molar-refractivity contribution in [1.82, 2.24) is 19.1 Å².